The molecule has 0 spiro atoms. The molecule has 0 heterocycles. The van der Waals surface area contributed by atoms with Gasteiger partial charge in [0.2, 0.25) is 0 Å². The van der Waals surface area contributed by atoms with Crippen LogP contribution in [0.3, 0.4) is 0 Å². The molecule has 1 rings (SSSR count). The molecule has 3 N–H and O–H groups in total. The zero-order chi connectivity index (χ0) is 13.0. The molecule has 0 bridgehead atoms. The fourth-order valence-corrected chi connectivity index (χ4v) is 1.60. The molecule has 2 atom stereocenters. The third-order valence-corrected chi connectivity index (χ3v) is 2.62. The molecule has 4 nitrogen and oxygen atoms in total. The molecule has 17 heavy (non-hydrogen) atoms. The lowest BCUT2D eigenvalue weighted by Gasteiger charge is -2.17. The van der Waals surface area contributed by atoms with Crippen LogP contribution in [0, 0.1) is 11.7 Å². The average molecular weight is 241 g/mol. The Morgan fingerprint density at radius 1 is 1.59 bits per heavy atom. The summed E-state index contributed by atoms with van der Waals surface area (Å²) in [7, 11) is 1.46. The predicted octanol–water partition coefficient (Wildman–Crippen LogP) is 1.94. The van der Waals surface area contributed by atoms with Crippen molar-refractivity contribution in [3.05, 3.63) is 29.6 Å². The van der Waals surface area contributed by atoms with Crippen molar-refractivity contribution in [1.82, 2.24) is 0 Å². The molecule has 0 saturated heterocycles. The van der Waals surface area contributed by atoms with E-state index in [1.807, 2.05) is 0 Å². The van der Waals surface area contributed by atoms with Gasteiger partial charge in [-0.25, -0.2) is 4.39 Å². The van der Waals surface area contributed by atoms with Gasteiger partial charge in [-0.05, 0) is 24.6 Å². The molecule has 0 aliphatic rings. The van der Waals surface area contributed by atoms with E-state index in [1.165, 1.54) is 25.3 Å². The minimum atomic E-state index is -0.921. The molecule has 0 aromatic heterocycles. The third-order valence-electron chi connectivity index (χ3n) is 2.62. The molecular formula is C12H16FNO3. The van der Waals surface area contributed by atoms with Gasteiger partial charge in [-0.1, -0.05) is 6.92 Å². The van der Waals surface area contributed by atoms with Gasteiger partial charge in [0.1, 0.15) is 11.6 Å². The highest BCUT2D eigenvalue weighted by atomic mass is 19.1. The zero-order valence-electron chi connectivity index (χ0n) is 9.81. The molecule has 2 unspecified atom stereocenters. The summed E-state index contributed by atoms with van der Waals surface area (Å²) in [5, 5.41) is 8.80. The smallest absolute Gasteiger partial charge is 0.306 e. The first-order valence-electron chi connectivity index (χ1n) is 5.27. The van der Waals surface area contributed by atoms with E-state index in [0.717, 1.165) is 0 Å². The number of hydrogen-bond donors (Lipinski definition) is 2. The first-order valence-corrected chi connectivity index (χ1v) is 5.27. The minimum absolute atomic E-state index is 0.231. The number of aliphatic carboxylic acids is 1. The molecular weight excluding hydrogens is 225 g/mol. The van der Waals surface area contributed by atoms with E-state index in [9.17, 15) is 9.18 Å². The quantitative estimate of drug-likeness (QED) is 0.826. The van der Waals surface area contributed by atoms with Gasteiger partial charge in [-0.15, -0.1) is 0 Å². The Hall–Kier alpha value is -1.62. The number of carboxylic acid groups (broad SMARTS) is 1. The second-order valence-electron chi connectivity index (χ2n) is 3.97. The molecule has 0 aliphatic carbocycles. The minimum Gasteiger partial charge on any atom is -0.496 e. The fourth-order valence-electron chi connectivity index (χ4n) is 1.60. The Balaban J connectivity index is 2.90. The molecule has 5 heteroatoms. The SMILES string of the molecule is COc1ccc(F)cc1C(N)CC(C)C(=O)O. The lowest BCUT2D eigenvalue weighted by Crippen LogP contribution is -2.19. The number of halogens is 1. The van der Waals surface area contributed by atoms with E-state index >= 15 is 0 Å². The summed E-state index contributed by atoms with van der Waals surface area (Å²) in [6.45, 7) is 1.56. The largest absolute Gasteiger partial charge is 0.496 e. The van der Waals surface area contributed by atoms with Crippen LogP contribution in [0.5, 0.6) is 5.75 Å². The lowest BCUT2D eigenvalue weighted by molar-refractivity contribution is -0.141. The second-order valence-corrected chi connectivity index (χ2v) is 3.97. The van der Waals surface area contributed by atoms with Crippen molar-refractivity contribution < 1.29 is 19.0 Å². The summed E-state index contributed by atoms with van der Waals surface area (Å²) in [6.07, 6.45) is 0.231. The molecule has 0 saturated carbocycles. The second kappa shape index (κ2) is 5.63. The van der Waals surface area contributed by atoms with Crippen LogP contribution in [0.4, 0.5) is 4.39 Å². The number of hydrogen-bond acceptors (Lipinski definition) is 3. The first-order chi connectivity index (χ1) is 7.95. The van der Waals surface area contributed by atoms with Gasteiger partial charge in [-0.2, -0.15) is 0 Å². The van der Waals surface area contributed by atoms with Crippen LogP contribution < -0.4 is 10.5 Å². The Labute approximate surface area is 99.2 Å². The van der Waals surface area contributed by atoms with E-state index in [2.05, 4.69) is 0 Å². The van der Waals surface area contributed by atoms with Gasteiger partial charge in [0, 0.05) is 11.6 Å². The van der Waals surface area contributed by atoms with Gasteiger partial charge in [-0.3, -0.25) is 4.79 Å². The molecule has 0 aliphatic heterocycles. The number of carboxylic acids is 1. The number of methoxy groups -OCH3 is 1. The maximum atomic E-state index is 13.1. The van der Waals surface area contributed by atoms with Crippen LogP contribution in [-0.2, 0) is 4.79 Å². The summed E-state index contributed by atoms with van der Waals surface area (Å²) >= 11 is 0. The van der Waals surface area contributed by atoms with Crippen LogP contribution in [0.25, 0.3) is 0 Å². The third kappa shape index (κ3) is 3.42. The Bertz CT molecular complexity index is 409. The maximum absolute atomic E-state index is 13.1. The van der Waals surface area contributed by atoms with Gasteiger partial charge < -0.3 is 15.6 Å². The predicted molar refractivity (Wildman–Crippen MR) is 61.3 cm³/mol. The monoisotopic (exact) mass is 241 g/mol. The number of nitrogens with two attached hydrogens (primary N) is 1. The lowest BCUT2D eigenvalue weighted by atomic mass is 9.96. The molecule has 1 aromatic rings. The number of rotatable bonds is 5. The maximum Gasteiger partial charge on any atom is 0.306 e. The molecule has 0 fully saturated rings. The summed E-state index contributed by atoms with van der Waals surface area (Å²) in [5.74, 6) is -1.45. The van der Waals surface area contributed by atoms with Crippen molar-refractivity contribution in [2.75, 3.05) is 7.11 Å². The van der Waals surface area contributed by atoms with Crippen molar-refractivity contribution in [2.45, 2.75) is 19.4 Å². The van der Waals surface area contributed by atoms with E-state index in [4.69, 9.17) is 15.6 Å². The highest BCUT2D eigenvalue weighted by Gasteiger charge is 2.19. The van der Waals surface area contributed by atoms with Crippen LogP contribution in [0.2, 0.25) is 0 Å². The van der Waals surface area contributed by atoms with Crippen molar-refractivity contribution in [3.8, 4) is 5.75 Å². The Morgan fingerprint density at radius 2 is 2.24 bits per heavy atom. The molecule has 1 aromatic carbocycles. The van der Waals surface area contributed by atoms with Crippen molar-refractivity contribution in [2.24, 2.45) is 11.7 Å². The van der Waals surface area contributed by atoms with Gasteiger partial charge in [0.05, 0.1) is 13.0 Å². The molecule has 0 amide bonds. The molecule has 0 radical (unpaired) electrons. The normalized spacial score (nSPS) is 14.1. The highest BCUT2D eigenvalue weighted by Crippen LogP contribution is 2.28. The van der Waals surface area contributed by atoms with E-state index in [-0.39, 0.29) is 6.42 Å². The average Bonchev–Trinajstić information content (AvgIpc) is 2.28. The number of benzene rings is 1. The van der Waals surface area contributed by atoms with Gasteiger partial charge >= 0.3 is 5.97 Å². The van der Waals surface area contributed by atoms with Crippen LogP contribution in [-0.4, -0.2) is 18.2 Å². The summed E-state index contributed by atoms with van der Waals surface area (Å²) in [4.78, 5) is 10.7. The topological polar surface area (TPSA) is 72.5 Å². The van der Waals surface area contributed by atoms with Crippen molar-refractivity contribution >= 4 is 5.97 Å². The number of carbonyl (C=O) groups is 1. The fraction of sp³-hybridized carbons (Fsp3) is 0.417. The first kappa shape index (κ1) is 13.4. The van der Waals surface area contributed by atoms with Gasteiger partial charge in [0.15, 0.2) is 0 Å². The van der Waals surface area contributed by atoms with E-state index < -0.39 is 23.7 Å². The molecule has 94 valence electrons. The summed E-state index contributed by atoms with van der Waals surface area (Å²) < 4.78 is 18.2. The summed E-state index contributed by atoms with van der Waals surface area (Å²) in [5.41, 5.74) is 6.36. The van der Waals surface area contributed by atoms with E-state index in [0.29, 0.717) is 11.3 Å². The standard InChI is InChI=1S/C12H16FNO3/c1-7(12(15)16)5-10(14)9-6-8(13)3-4-11(9)17-2/h3-4,6-7,10H,5,14H2,1-2H3,(H,15,16). The Morgan fingerprint density at radius 3 is 2.76 bits per heavy atom. The Kier molecular flexibility index (Phi) is 4.45. The van der Waals surface area contributed by atoms with Crippen LogP contribution in [0.1, 0.15) is 24.9 Å². The van der Waals surface area contributed by atoms with Crippen LogP contribution >= 0.6 is 0 Å². The highest BCUT2D eigenvalue weighted by molar-refractivity contribution is 5.69. The number of ether oxygens (including phenoxy) is 1. The van der Waals surface area contributed by atoms with Crippen molar-refractivity contribution in [1.29, 1.82) is 0 Å². The van der Waals surface area contributed by atoms with Crippen LogP contribution in [0.15, 0.2) is 18.2 Å². The summed E-state index contributed by atoms with van der Waals surface area (Å²) in [6, 6.07) is 3.47. The van der Waals surface area contributed by atoms with E-state index in [1.54, 1.807) is 6.92 Å². The van der Waals surface area contributed by atoms with Gasteiger partial charge in [0.25, 0.3) is 0 Å². The van der Waals surface area contributed by atoms with Crippen molar-refractivity contribution in [3.63, 3.8) is 0 Å². The zero-order valence-corrected chi connectivity index (χ0v) is 9.81.